The molecule has 0 spiro atoms. The molecule has 0 aliphatic heterocycles. The van der Waals surface area contributed by atoms with Crippen LogP contribution in [0.1, 0.15) is 5.56 Å². The van der Waals surface area contributed by atoms with Crippen LogP contribution in [-0.2, 0) is 11.5 Å². The van der Waals surface area contributed by atoms with Gasteiger partial charge in [0.05, 0.1) is 0 Å². The van der Waals surface area contributed by atoms with Crippen LogP contribution in [0, 0.1) is 0 Å². The van der Waals surface area contributed by atoms with Crippen molar-refractivity contribution < 1.29 is 20.4 Å². The van der Waals surface area contributed by atoms with Crippen molar-refractivity contribution in [3.63, 3.8) is 0 Å². The van der Waals surface area contributed by atoms with Gasteiger partial charge in [0.2, 0.25) is 0 Å². The molecule has 1 aromatic carbocycles. The third kappa shape index (κ3) is 1.83. The molecule has 4 nitrogen and oxygen atoms in total. The van der Waals surface area contributed by atoms with Crippen molar-refractivity contribution in [3.05, 3.63) is 23.8 Å². The van der Waals surface area contributed by atoms with E-state index in [4.69, 9.17) is 15.5 Å². The summed E-state index contributed by atoms with van der Waals surface area (Å²) in [7, 11) is 0. The molecule has 0 heterocycles. The van der Waals surface area contributed by atoms with E-state index in [-0.39, 0.29) is 18.1 Å². The first-order valence-electron chi connectivity index (χ1n) is 3.01. The minimum atomic E-state index is -0.223. The van der Waals surface area contributed by atoms with E-state index in [0.29, 0.717) is 5.56 Å². The Balaban J connectivity index is 2.86. The first kappa shape index (κ1) is 7.84. The van der Waals surface area contributed by atoms with Crippen molar-refractivity contribution in [1.29, 1.82) is 0 Å². The predicted octanol–water partition coefficient (Wildman–Crippen LogP) is 1.09. The van der Waals surface area contributed by atoms with Gasteiger partial charge in [0, 0.05) is 0 Å². The zero-order chi connectivity index (χ0) is 8.27. The molecule has 0 unspecified atom stereocenters. The highest BCUT2D eigenvalue weighted by molar-refractivity contribution is 5.40. The number of phenolic OH excluding ortho intramolecular Hbond substituents is 2. The monoisotopic (exact) mass is 156 g/mol. The zero-order valence-electron chi connectivity index (χ0n) is 5.69. The molecule has 11 heavy (non-hydrogen) atoms. The standard InChI is InChI=1S/C7H8O4/c8-6-2-1-5(4-11-10)3-7(6)9/h1-3,8-10H,4H2. The Morgan fingerprint density at radius 3 is 2.45 bits per heavy atom. The minimum absolute atomic E-state index is 0.00611. The molecule has 60 valence electrons. The Kier molecular flexibility index (Phi) is 2.30. The van der Waals surface area contributed by atoms with Crippen LogP contribution in [0.3, 0.4) is 0 Å². The second-order valence-electron chi connectivity index (χ2n) is 2.10. The molecule has 0 radical (unpaired) electrons. The molecule has 0 aliphatic rings. The van der Waals surface area contributed by atoms with E-state index < -0.39 is 0 Å². The van der Waals surface area contributed by atoms with Gasteiger partial charge in [-0.25, -0.2) is 4.89 Å². The van der Waals surface area contributed by atoms with Gasteiger partial charge in [-0.05, 0) is 17.7 Å². The number of phenols is 2. The lowest BCUT2D eigenvalue weighted by Gasteiger charge is -2.00. The summed E-state index contributed by atoms with van der Waals surface area (Å²) in [6.45, 7) is -0.00611. The van der Waals surface area contributed by atoms with E-state index in [0.717, 1.165) is 0 Å². The van der Waals surface area contributed by atoms with Gasteiger partial charge in [-0.15, -0.1) is 0 Å². The van der Waals surface area contributed by atoms with Crippen LogP contribution in [0.25, 0.3) is 0 Å². The van der Waals surface area contributed by atoms with Crippen molar-refractivity contribution in [2.24, 2.45) is 0 Å². The van der Waals surface area contributed by atoms with Crippen LogP contribution in [0.2, 0.25) is 0 Å². The molecule has 1 aromatic rings. The van der Waals surface area contributed by atoms with Gasteiger partial charge in [0.1, 0.15) is 6.61 Å². The maximum absolute atomic E-state index is 8.94. The Bertz CT molecular complexity index is 246. The highest BCUT2D eigenvalue weighted by Gasteiger charge is 1.99. The Morgan fingerprint density at radius 1 is 1.18 bits per heavy atom. The molecule has 0 saturated carbocycles. The molecular weight excluding hydrogens is 148 g/mol. The van der Waals surface area contributed by atoms with Crippen LogP contribution in [0.5, 0.6) is 11.5 Å². The van der Waals surface area contributed by atoms with E-state index >= 15 is 0 Å². The summed E-state index contributed by atoms with van der Waals surface area (Å²) in [4.78, 5) is 3.83. The van der Waals surface area contributed by atoms with Crippen LogP contribution in [0.15, 0.2) is 18.2 Å². The van der Waals surface area contributed by atoms with Crippen LogP contribution in [-0.4, -0.2) is 15.5 Å². The molecule has 0 bridgehead atoms. The lowest BCUT2D eigenvalue weighted by molar-refractivity contribution is -0.253. The van der Waals surface area contributed by atoms with Crippen LogP contribution in [0.4, 0.5) is 0 Å². The van der Waals surface area contributed by atoms with Crippen molar-refractivity contribution in [3.8, 4) is 11.5 Å². The Labute approximate surface area is 63.2 Å². The maximum Gasteiger partial charge on any atom is 0.157 e. The van der Waals surface area contributed by atoms with Gasteiger partial charge in [-0.3, -0.25) is 5.26 Å². The van der Waals surface area contributed by atoms with Crippen molar-refractivity contribution in [1.82, 2.24) is 0 Å². The second kappa shape index (κ2) is 3.23. The summed E-state index contributed by atoms with van der Waals surface area (Å²) in [5, 5.41) is 25.8. The minimum Gasteiger partial charge on any atom is -0.504 e. The average molecular weight is 156 g/mol. The number of aromatic hydroxyl groups is 2. The van der Waals surface area contributed by atoms with E-state index in [9.17, 15) is 0 Å². The number of rotatable bonds is 2. The fraction of sp³-hybridized carbons (Fsp3) is 0.143. The smallest absolute Gasteiger partial charge is 0.157 e. The quantitative estimate of drug-likeness (QED) is 0.340. The van der Waals surface area contributed by atoms with Crippen molar-refractivity contribution in [2.75, 3.05) is 0 Å². The largest absolute Gasteiger partial charge is 0.504 e. The normalized spacial score (nSPS) is 9.91. The fourth-order valence-corrected chi connectivity index (χ4v) is 0.733. The second-order valence-corrected chi connectivity index (χ2v) is 2.10. The van der Waals surface area contributed by atoms with E-state index in [1.165, 1.54) is 18.2 Å². The summed E-state index contributed by atoms with van der Waals surface area (Å²) in [5.41, 5.74) is 0.586. The summed E-state index contributed by atoms with van der Waals surface area (Å²) < 4.78 is 0. The highest BCUT2D eigenvalue weighted by Crippen LogP contribution is 2.24. The molecule has 0 saturated heterocycles. The average Bonchev–Trinajstić information content (AvgIpc) is 1.98. The highest BCUT2D eigenvalue weighted by atomic mass is 17.1. The Morgan fingerprint density at radius 2 is 1.91 bits per heavy atom. The van der Waals surface area contributed by atoms with Gasteiger partial charge in [-0.1, -0.05) is 6.07 Å². The third-order valence-corrected chi connectivity index (χ3v) is 1.27. The molecule has 1 rings (SSSR count). The van der Waals surface area contributed by atoms with Gasteiger partial charge < -0.3 is 10.2 Å². The molecule has 3 N–H and O–H groups in total. The van der Waals surface area contributed by atoms with Gasteiger partial charge in [0.25, 0.3) is 0 Å². The van der Waals surface area contributed by atoms with Crippen LogP contribution >= 0.6 is 0 Å². The van der Waals surface area contributed by atoms with Gasteiger partial charge in [0.15, 0.2) is 11.5 Å². The van der Waals surface area contributed by atoms with Crippen molar-refractivity contribution >= 4 is 0 Å². The number of hydrogen-bond acceptors (Lipinski definition) is 4. The number of hydrogen-bond donors (Lipinski definition) is 3. The SMILES string of the molecule is OOCc1ccc(O)c(O)c1. The first-order chi connectivity index (χ1) is 5.24. The summed E-state index contributed by atoms with van der Waals surface area (Å²) in [5.74, 6) is -0.411. The fourth-order valence-electron chi connectivity index (χ4n) is 0.733. The molecule has 4 heteroatoms. The summed E-state index contributed by atoms with van der Waals surface area (Å²) >= 11 is 0. The van der Waals surface area contributed by atoms with Gasteiger partial charge in [-0.2, -0.15) is 0 Å². The van der Waals surface area contributed by atoms with E-state index in [1.54, 1.807) is 0 Å². The van der Waals surface area contributed by atoms with Crippen molar-refractivity contribution in [2.45, 2.75) is 6.61 Å². The zero-order valence-corrected chi connectivity index (χ0v) is 5.69. The Hall–Kier alpha value is -1.26. The molecular formula is C7H8O4. The molecule has 0 aliphatic carbocycles. The van der Waals surface area contributed by atoms with Gasteiger partial charge >= 0.3 is 0 Å². The summed E-state index contributed by atoms with van der Waals surface area (Å²) in [6.07, 6.45) is 0. The topological polar surface area (TPSA) is 69.9 Å². The van der Waals surface area contributed by atoms with E-state index in [2.05, 4.69) is 4.89 Å². The number of benzene rings is 1. The molecule has 0 aromatic heterocycles. The first-order valence-corrected chi connectivity index (χ1v) is 3.01. The molecule has 0 fully saturated rings. The molecule has 0 atom stereocenters. The molecule has 0 amide bonds. The van der Waals surface area contributed by atoms with E-state index in [1.807, 2.05) is 0 Å². The summed E-state index contributed by atoms with van der Waals surface area (Å²) in [6, 6.07) is 4.17. The predicted molar refractivity (Wildman–Crippen MR) is 37.2 cm³/mol. The lowest BCUT2D eigenvalue weighted by atomic mass is 10.2. The third-order valence-electron chi connectivity index (χ3n) is 1.27. The van der Waals surface area contributed by atoms with Crippen LogP contribution < -0.4 is 0 Å². The maximum atomic E-state index is 8.94. The lowest BCUT2D eigenvalue weighted by Crippen LogP contribution is -1.86.